The number of methoxy groups -OCH3 is 1. The number of rotatable bonds is 10. The molecule has 3 N–H and O–H groups in total. The van der Waals surface area contributed by atoms with E-state index in [0.717, 1.165) is 62.4 Å². The van der Waals surface area contributed by atoms with Crippen molar-refractivity contribution in [3.05, 3.63) is 60.3 Å². The topological polar surface area (TPSA) is 167 Å². The lowest BCUT2D eigenvalue weighted by Crippen LogP contribution is -2.49. The Morgan fingerprint density at radius 3 is 2.43 bits per heavy atom. The maximum absolute atomic E-state index is 13.5. The molecule has 15 nitrogen and oxygen atoms in total. The van der Waals surface area contributed by atoms with Gasteiger partial charge in [-0.1, -0.05) is 11.6 Å². The van der Waals surface area contributed by atoms with E-state index >= 15 is 0 Å². The number of anilines is 5. The Morgan fingerprint density at radius 1 is 1.00 bits per heavy atom. The summed E-state index contributed by atoms with van der Waals surface area (Å²) in [5.41, 5.74) is 5.39. The highest BCUT2D eigenvalue weighted by Gasteiger charge is 2.28. The molecule has 17 heteroatoms. The van der Waals surface area contributed by atoms with Crippen LogP contribution in [-0.2, 0) is 11.6 Å². The Bertz CT molecular complexity index is 2180. The van der Waals surface area contributed by atoms with Crippen LogP contribution in [0, 0.1) is 5.92 Å². The zero-order valence-corrected chi connectivity index (χ0v) is 31.8. The predicted molar refractivity (Wildman–Crippen MR) is 208 cm³/mol. The first kappa shape index (κ1) is 36.4. The van der Waals surface area contributed by atoms with Crippen molar-refractivity contribution in [1.29, 1.82) is 0 Å². The number of halogens is 1. The summed E-state index contributed by atoms with van der Waals surface area (Å²) in [4.78, 5) is 35.8. The standard InChI is InChI=1S/C36H43ClN11O4P/c1-45-22-24(19-41-45)25-17-29(31(52-2)18-30(25)47-15-13-46(14-16-47)21-23-7-11-48(12-8-23)36(49)50)43-35-40-20-26(37)34(44-35)42-28-6-5-27-32(39-10-9-38-27)33(28)53(3,4)51/h5-6,9-10,17-20,22-23H,7-8,11-16,21H2,1-4H3,(H,49,50)(H2,40,42,43,44). The van der Waals surface area contributed by atoms with Crippen molar-refractivity contribution in [2.24, 2.45) is 13.0 Å². The van der Waals surface area contributed by atoms with Gasteiger partial charge in [0.1, 0.15) is 23.4 Å². The molecular formula is C36H43ClN11O4P. The zero-order valence-electron chi connectivity index (χ0n) is 30.2. The number of amides is 1. The van der Waals surface area contributed by atoms with Crippen molar-refractivity contribution >= 4 is 70.0 Å². The molecule has 0 bridgehead atoms. The minimum Gasteiger partial charge on any atom is -0.494 e. The second-order valence-corrected chi connectivity index (χ2v) is 17.4. The first-order valence-corrected chi connectivity index (χ1v) is 20.5. The van der Waals surface area contributed by atoms with Crippen LogP contribution in [0.4, 0.5) is 33.6 Å². The van der Waals surface area contributed by atoms with Crippen LogP contribution >= 0.6 is 18.7 Å². The van der Waals surface area contributed by atoms with Crippen LogP contribution in [0.1, 0.15) is 12.8 Å². The average Bonchev–Trinajstić information content (AvgIpc) is 3.58. The molecule has 278 valence electrons. The first-order chi connectivity index (χ1) is 25.5. The molecule has 7 rings (SSSR count). The van der Waals surface area contributed by atoms with Crippen LogP contribution in [0.15, 0.2) is 55.2 Å². The number of piperazine rings is 1. The quantitative estimate of drug-likeness (QED) is 0.148. The number of carbonyl (C=O) groups is 1. The van der Waals surface area contributed by atoms with Crippen LogP contribution < -0.4 is 25.6 Å². The number of hydrogen-bond acceptors (Lipinski definition) is 12. The van der Waals surface area contributed by atoms with Gasteiger partial charge in [0.25, 0.3) is 0 Å². The third-order valence-corrected chi connectivity index (χ3v) is 11.7. The molecule has 53 heavy (non-hydrogen) atoms. The lowest BCUT2D eigenvalue weighted by molar-refractivity contribution is 0.112. The molecule has 2 saturated heterocycles. The molecule has 0 radical (unpaired) electrons. The Morgan fingerprint density at radius 2 is 1.75 bits per heavy atom. The van der Waals surface area contributed by atoms with Gasteiger partial charge >= 0.3 is 6.09 Å². The van der Waals surface area contributed by atoms with Crippen LogP contribution in [0.2, 0.25) is 5.02 Å². The lowest BCUT2D eigenvalue weighted by atomic mass is 9.96. The van der Waals surface area contributed by atoms with Gasteiger partial charge in [0, 0.05) is 94.3 Å². The van der Waals surface area contributed by atoms with Gasteiger partial charge in [0.15, 0.2) is 5.82 Å². The summed E-state index contributed by atoms with van der Waals surface area (Å²) in [6, 6.07) is 7.70. The summed E-state index contributed by atoms with van der Waals surface area (Å²) in [5.74, 6) is 1.72. The van der Waals surface area contributed by atoms with Crippen molar-refractivity contribution in [3.63, 3.8) is 0 Å². The molecule has 3 aromatic heterocycles. The van der Waals surface area contributed by atoms with Gasteiger partial charge < -0.3 is 34.8 Å². The van der Waals surface area contributed by atoms with E-state index in [-0.39, 0.29) is 11.0 Å². The molecule has 2 fully saturated rings. The molecule has 2 aliphatic heterocycles. The smallest absolute Gasteiger partial charge is 0.407 e. The number of benzene rings is 2. The normalized spacial score (nSPS) is 15.9. The number of nitrogens with one attached hydrogen (secondary N) is 2. The van der Waals surface area contributed by atoms with E-state index in [1.807, 2.05) is 43.7 Å². The third-order valence-electron chi connectivity index (χ3n) is 9.84. The van der Waals surface area contributed by atoms with Gasteiger partial charge in [-0.15, -0.1) is 0 Å². The molecule has 5 heterocycles. The molecule has 2 aromatic carbocycles. The number of likely N-dealkylation sites (tertiary alicyclic amines) is 1. The van der Waals surface area contributed by atoms with Gasteiger partial charge in [0.2, 0.25) is 5.95 Å². The van der Waals surface area contributed by atoms with E-state index in [9.17, 15) is 14.5 Å². The fourth-order valence-electron chi connectivity index (χ4n) is 7.16. The van der Waals surface area contributed by atoms with Gasteiger partial charge in [-0.2, -0.15) is 10.1 Å². The van der Waals surface area contributed by atoms with Crippen molar-refractivity contribution in [2.45, 2.75) is 12.8 Å². The zero-order chi connectivity index (χ0) is 37.3. The Hall–Kier alpha value is -4.98. The minimum atomic E-state index is -2.81. The van der Waals surface area contributed by atoms with Gasteiger partial charge in [-0.25, -0.2) is 9.78 Å². The first-order valence-electron chi connectivity index (χ1n) is 17.5. The number of ether oxygens (including phenoxy) is 1. The predicted octanol–water partition coefficient (Wildman–Crippen LogP) is 5.73. The summed E-state index contributed by atoms with van der Waals surface area (Å²) < 4.78 is 21.2. The number of carboxylic acid groups (broad SMARTS) is 1. The number of hydrogen-bond donors (Lipinski definition) is 3. The maximum Gasteiger partial charge on any atom is 0.407 e. The number of nitrogens with zero attached hydrogens (tertiary/aromatic N) is 9. The van der Waals surface area contributed by atoms with Crippen LogP contribution in [0.5, 0.6) is 5.75 Å². The largest absolute Gasteiger partial charge is 0.494 e. The molecule has 0 saturated carbocycles. The molecule has 0 unspecified atom stereocenters. The number of aromatic nitrogens is 6. The number of piperidine rings is 1. The Balaban J connectivity index is 1.13. The fourth-order valence-corrected chi connectivity index (χ4v) is 8.69. The Kier molecular flexibility index (Phi) is 10.4. The second kappa shape index (κ2) is 15.2. The third kappa shape index (κ3) is 8.02. The van der Waals surface area contributed by atoms with Crippen molar-refractivity contribution in [2.75, 3.05) is 81.8 Å². The van der Waals surface area contributed by atoms with Crippen LogP contribution in [-0.4, -0.2) is 117 Å². The van der Waals surface area contributed by atoms with E-state index in [2.05, 4.69) is 40.5 Å². The molecular weight excluding hydrogens is 717 g/mol. The molecule has 5 aromatic rings. The fraction of sp³-hybridized carbons (Fsp3) is 0.389. The SMILES string of the molecule is COc1cc(N2CCN(CC3CCN(C(=O)O)CC3)CC2)c(-c2cnn(C)c2)cc1Nc1ncc(Cl)c(Nc2ccc3nccnc3c2P(C)(C)=O)n1. The van der Waals surface area contributed by atoms with Gasteiger partial charge in [-0.05, 0) is 50.3 Å². The summed E-state index contributed by atoms with van der Waals surface area (Å²) in [5, 5.41) is 21.2. The van der Waals surface area contributed by atoms with E-state index < -0.39 is 13.2 Å². The number of aryl methyl sites for hydroxylation is 1. The van der Waals surface area contributed by atoms with Crippen LogP contribution in [0.25, 0.3) is 22.2 Å². The highest BCUT2D eigenvalue weighted by molar-refractivity contribution is 7.71. The van der Waals surface area contributed by atoms with E-state index in [4.69, 9.17) is 21.3 Å². The summed E-state index contributed by atoms with van der Waals surface area (Å²) in [7, 11) is 0.714. The molecule has 0 atom stereocenters. The van der Waals surface area contributed by atoms with Crippen molar-refractivity contribution < 1.29 is 19.2 Å². The van der Waals surface area contributed by atoms with E-state index in [0.29, 0.717) is 58.3 Å². The highest BCUT2D eigenvalue weighted by atomic mass is 35.5. The van der Waals surface area contributed by atoms with Crippen molar-refractivity contribution in [3.8, 4) is 16.9 Å². The second-order valence-electron chi connectivity index (χ2n) is 13.8. The van der Waals surface area contributed by atoms with E-state index in [1.54, 1.807) is 37.5 Å². The molecule has 2 aliphatic rings. The summed E-state index contributed by atoms with van der Waals surface area (Å²) in [6.07, 6.45) is 9.51. The Labute approximate surface area is 312 Å². The summed E-state index contributed by atoms with van der Waals surface area (Å²) >= 11 is 6.61. The molecule has 1 amide bonds. The van der Waals surface area contributed by atoms with Gasteiger partial charge in [-0.3, -0.25) is 19.5 Å². The van der Waals surface area contributed by atoms with Crippen LogP contribution in [0.3, 0.4) is 0 Å². The number of fused-ring (bicyclic) bond motifs is 1. The maximum atomic E-state index is 13.5. The molecule has 0 aliphatic carbocycles. The average molecular weight is 760 g/mol. The lowest BCUT2D eigenvalue weighted by Gasteiger charge is -2.40. The van der Waals surface area contributed by atoms with E-state index in [1.165, 1.54) is 11.1 Å². The highest BCUT2D eigenvalue weighted by Crippen LogP contribution is 2.43. The minimum absolute atomic E-state index is 0.279. The molecule has 0 spiro atoms. The van der Waals surface area contributed by atoms with Gasteiger partial charge in [0.05, 0.1) is 41.7 Å². The monoisotopic (exact) mass is 759 g/mol. The summed E-state index contributed by atoms with van der Waals surface area (Å²) in [6.45, 7) is 9.05. The van der Waals surface area contributed by atoms with Crippen molar-refractivity contribution in [1.82, 2.24) is 39.5 Å².